The molecule has 2 saturated carbocycles. The van der Waals surface area contributed by atoms with Gasteiger partial charge < -0.3 is 4.74 Å². The molecule has 0 saturated heterocycles. The molecular weight excluding hydrogens is 412 g/mol. The molecule has 0 aliphatic heterocycles. The molecule has 2 aliphatic carbocycles. The lowest BCUT2D eigenvalue weighted by Crippen LogP contribution is -2.25. The Kier molecular flexibility index (Phi) is 5.54. The average molecular weight is 437 g/mol. The maximum atomic E-state index is 12.6. The second-order valence-corrected chi connectivity index (χ2v) is 10.9. The molecule has 2 aliphatic rings. The molecule has 29 heavy (non-hydrogen) atoms. The lowest BCUT2D eigenvalue weighted by molar-refractivity contribution is 0.210. The van der Waals surface area contributed by atoms with Crippen LogP contribution in [0.1, 0.15) is 38.5 Å². The fourth-order valence-electron chi connectivity index (χ4n) is 3.30. The molecule has 9 heteroatoms. The minimum absolute atomic E-state index is 0.00541. The van der Waals surface area contributed by atoms with Crippen molar-refractivity contribution in [3.05, 3.63) is 48.5 Å². The van der Waals surface area contributed by atoms with Crippen molar-refractivity contribution in [1.29, 1.82) is 0 Å². The van der Waals surface area contributed by atoms with Crippen LogP contribution in [-0.4, -0.2) is 29.0 Å². The Hall–Kier alpha value is -2.10. The fourth-order valence-corrected chi connectivity index (χ4v) is 5.66. The number of benzene rings is 2. The van der Waals surface area contributed by atoms with Gasteiger partial charge >= 0.3 is 0 Å². The van der Waals surface area contributed by atoms with E-state index in [-0.39, 0.29) is 21.9 Å². The summed E-state index contributed by atoms with van der Waals surface area (Å²) in [6, 6.07) is 12.0. The number of sulfonamides is 2. The summed E-state index contributed by atoms with van der Waals surface area (Å²) < 4.78 is 60.6. The third-order valence-electron chi connectivity index (χ3n) is 5.05. The first-order chi connectivity index (χ1) is 13.8. The molecule has 2 aromatic carbocycles. The van der Waals surface area contributed by atoms with Gasteiger partial charge in [-0.25, -0.2) is 21.6 Å². The molecule has 0 atom stereocenters. The molecule has 0 amide bonds. The molecule has 156 valence electrons. The van der Waals surface area contributed by atoms with E-state index < -0.39 is 20.0 Å². The zero-order valence-electron chi connectivity index (χ0n) is 15.9. The van der Waals surface area contributed by atoms with Crippen LogP contribution in [0.3, 0.4) is 0 Å². The van der Waals surface area contributed by atoms with Crippen molar-refractivity contribution >= 4 is 25.7 Å². The first kappa shape index (κ1) is 20.2. The van der Waals surface area contributed by atoms with Crippen LogP contribution in [0, 0.1) is 0 Å². The van der Waals surface area contributed by atoms with Crippen molar-refractivity contribution in [1.82, 2.24) is 4.72 Å². The van der Waals surface area contributed by atoms with Gasteiger partial charge in [-0.2, -0.15) is 0 Å². The first-order valence-corrected chi connectivity index (χ1v) is 12.7. The van der Waals surface area contributed by atoms with Gasteiger partial charge in [0.05, 0.1) is 15.9 Å². The predicted molar refractivity (Wildman–Crippen MR) is 110 cm³/mol. The number of hydrogen-bond donors (Lipinski definition) is 2. The molecule has 0 aromatic heterocycles. The largest absolute Gasteiger partial charge is 0.490 e. The monoisotopic (exact) mass is 436 g/mol. The van der Waals surface area contributed by atoms with Gasteiger partial charge in [0.15, 0.2) is 0 Å². The number of nitrogens with one attached hydrogen (secondary N) is 2. The Morgan fingerprint density at radius 3 is 1.83 bits per heavy atom. The Bertz CT molecular complexity index is 1050. The molecule has 0 heterocycles. The van der Waals surface area contributed by atoms with Crippen molar-refractivity contribution in [3.63, 3.8) is 0 Å². The second kappa shape index (κ2) is 7.97. The van der Waals surface area contributed by atoms with Crippen LogP contribution in [0.15, 0.2) is 58.3 Å². The maximum absolute atomic E-state index is 12.6. The van der Waals surface area contributed by atoms with Crippen LogP contribution >= 0.6 is 0 Å². The zero-order chi connectivity index (χ0) is 20.5. The quantitative estimate of drug-likeness (QED) is 0.661. The lowest BCUT2D eigenvalue weighted by Gasteiger charge is -2.14. The highest BCUT2D eigenvalue weighted by Gasteiger charge is 2.28. The van der Waals surface area contributed by atoms with Crippen molar-refractivity contribution < 1.29 is 21.6 Å². The van der Waals surface area contributed by atoms with Crippen molar-refractivity contribution in [2.75, 3.05) is 4.72 Å². The SMILES string of the molecule is O=S(=O)(Nc1ccc(OC2CCCC2)cc1)c1ccc(S(=O)(=O)NC2CC2)cc1. The van der Waals surface area contributed by atoms with E-state index in [1.54, 1.807) is 24.3 Å². The van der Waals surface area contributed by atoms with E-state index in [2.05, 4.69) is 9.44 Å². The Balaban J connectivity index is 1.42. The molecule has 0 bridgehead atoms. The molecule has 4 rings (SSSR count). The van der Waals surface area contributed by atoms with Gasteiger partial charge in [-0.1, -0.05) is 0 Å². The smallest absolute Gasteiger partial charge is 0.261 e. The zero-order valence-corrected chi connectivity index (χ0v) is 17.5. The third kappa shape index (κ3) is 5.09. The third-order valence-corrected chi connectivity index (χ3v) is 7.99. The fraction of sp³-hybridized carbons (Fsp3) is 0.400. The summed E-state index contributed by atoms with van der Waals surface area (Å²) in [7, 11) is -7.44. The van der Waals surface area contributed by atoms with Gasteiger partial charge in [0.2, 0.25) is 10.0 Å². The standard InChI is InChI=1S/C20H24N2O5S2/c23-28(24,21-15-5-6-15)19-11-13-20(14-12-19)29(25,26)22-16-7-9-18(10-8-16)27-17-3-1-2-4-17/h7-15,17,21-22H,1-6H2. The molecule has 0 spiro atoms. The molecule has 2 fully saturated rings. The van der Waals surface area contributed by atoms with Crippen molar-refractivity contribution in [3.8, 4) is 5.75 Å². The Labute approximate surface area is 171 Å². The number of rotatable bonds is 8. The minimum atomic E-state index is -3.83. The molecule has 0 unspecified atom stereocenters. The lowest BCUT2D eigenvalue weighted by atomic mass is 10.3. The summed E-state index contributed by atoms with van der Waals surface area (Å²) in [5, 5.41) is 0. The Morgan fingerprint density at radius 1 is 0.724 bits per heavy atom. The van der Waals surface area contributed by atoms with E-state index in [0.29, 0.717) is 5.69 Å². The van der Waals surface area contributed by atoms with Crippen LogP contribution in [0.4, 0.5) is 5.69 Å². The van der Waals surface area contributed by atoms with Crippen LogP contribution < -0.4 is 14.2 Å². The summed E-state index contributed by atoms with van der Waals surface area (Å²) in [6.45, 7) is 0. The van der Waals surface area contributed by atoms with Crippen LogP contribution in [0.2, 0.25) is 0 Å². The van der Waals surface area contributed by atoms with Crippen LogP contribution in [-0.2, 0) is 20.0 Å². The van der Waals surface area contributed by atoms with Gasteiger partial charge in [-0.15, -0.1) is 0 Å². The highest BCUT2D eigenvalue weighted by Crippen LogP contribution is 2.26. The van der Waals surface area contributed by atoms with E-state index in [0.717, 1.165) is 31.4 Å². The molecule has 2 aromatic rings. The van der Waals surface area contributed by atoms with Gasteiger partial charge in [-0.05, 0) is 87.1 Å². The first-order valence-electron chi connectivity index (χ1n) is 9.74. The van der Waals surface area contributed by atoms with Gasteiger partial charge in [0, 0.05) is 11.7 Å². The minimum Gasteiger partial charge on any atom is -0.490 e. The molecule has 7 nitrogen and oxygen atoms in total. The molecule has 2 N–H and O–H groups in total. The Morgan fingerprint density at radius 2 is 1.28 bits per heavy atom. The predicted octanol–water partition coefficient (Wildman–Crippen LogP) is 3.25. The second-order valence-electron chi connectivity index (χ2n) is 7.52. The average Bonchev–Trinajstić information content (AvgIpc) is 3.34. The van der Waals surface area contributed by atoms with Gasteiger partial charge in [0.25, 0.3) is 10.0 Å². The van der Waals surface area contributed by atoms with Crippen molar-refractivity contribution in [2.45, 2.75) is 60.5 Å². The topological polar surface area (TPSA) is 102 Å². The van der Waals surface area contributed by atoms with E-state index >= 15 is 0 Å². The summed E-state index contributed by atoms with van der Waals surface area (Å²) in [6.07, 6.45) is 6.37. The number of hydrogen-bond acceptors (Lipinski definition) is 5. The van der Waals surface area contributed by atoms with Gasteiger partial charge in [0.1, 0.15) is 5.75 Å². The van der Waals surface area contributed by atoms with E-state index in [1.165, 1.54) is 37.1 Å². The summed E-state index contributed by atoms with van der Waals surface area (Å²) in [4.78, 5) is 0.0471. The number of anilines is 1. The summed E-state index contributed by atoms with van der Waals surface area (Å²) in [5.74, 6) is 0.720. The summed E-state index contributed by atoms with van der Waals surface area (Å²) >= 11 is 0. The highest BCUT2D eigenvalue weighted by atomic mass is 32.2. The van der Waals surface area contributed by atoms with Crippen LogP contribution in [0.25, 0.3) is 0 Å². The van der Waals surface area contributed by atoms with Crippen LogP contribution in [0.5, 0.6) is 5.75 Å². The maximum Gasteiger partial charge on any atom is 0.261 e. The normalized spacial score (nSPS) is 17.9. The summed E-state index contributed by atoms with van der Waals surface area (Å²) in [5.41, 5.74) is 0.413. The highest BCUT2D eigenvalue weighted by molar-refractivity contribution is 7.92. The molecular formula is C20H24N2O5S2. The van der Waals surface area contributed by atoms with E-state index in [4.69, 9.17) is 4.74 Å². The van der Waals surface area contributed by atoms with E-state index in [1.807, 2.05) is 0 Å². The van der Waals surface area contributed by atoms with Gasteiger partial charge in [-0.3, -0.25) is 4.72 Å². The van der Waals surface area contributed by atoms with E-state index in [9.17, 15) is 16.8 Å². The number of ether oxygens (including phenoxy) is 1. The van der Waals surface area contributed by atoms with Crippen molar-refractivity contribution in [2.24, 2.45) is 0 Å². The molecule has 0 radical (unpaired) electrons.